The van der Waals surface area contributed by atoms with E-state index in [-0.39, 0.29) is 40.1 Å². The molecule has 0 aliphatic carbocycles. The van der Waals surface area contributed by atoms with Crippen molar-refractivity contribution in [1.82, 2.24) is 15.1 Å². The van der Waals surface area contributed by atoms with E-state index in [0.29, 0.717) is 6.54 Å². The highest BCUT2D eigenvalue weighted by atomic mass is 35.5. The highest BCUT2D eigenvalue weighted by Crippen LogP contribution is 2.34. The van der Waals surface area contributed by atoms with E-state index in [4.69, 9.17) is 17.3 Å². The van der Waals surface area contributed by atoms with Crippen molar-refractivity contribution < 1.29 is 18.0 Å². The number of nitriles is 1. The molecule has 0 saturated carbocycles. The van der Waals surface area contributed by atoms with Gasteiger partial charge < -0.3 is 11.1 Å². The summed E-state index contributed by atoms with van der Waals surface area (Å²) in [6.07, 6.45) is -4.77. The van der Waals surface area contributed by atoms with Crippen molar-refractivity contribution in [2.75, 3.05) is 12.3 Å². The number of hydrogen-bond donors (Lipinski definition) is 2. The lowest BCUT2D eigenvalue weighted by molar-refractivity contribution is -0.137. The minimum atomic E-state index is -4.55. The van der Waals surface area contributed by atoms with Gasteiger partial charge in [-0.1, -0.05) is 11.6 Å². The van der Waals surface area contributed by atoms with E-state index in [2.05, 4.69) is 10.4 Å². The van der Waals surface area contributed by atoms with Gasteiger partial charge >= 0.3 is 6.18 Å². The molecule has 0 spiro atoms. The van der Waals surface area contributed by atoms with Crippen LogP contribution in [0.25, 0.3) is 5.69 Å². The molecule has 3 N–H and O–H groups in total. The first kappa shape index (κ1) is 18.6. The summed E-state index contributed by atoms with van der Waals surface area (Å²) in [7, 11) is 0. The number of nitrogen functional groups attached to an aromatic ring is 1. The molecule has 1 amide bonds. The first-order chi connectivity index (χ1) is 11.7. The molecule has 2 aromatic rings. The molecule has 1 aromatic carbocycles. The highest BCUT2D eigenvalue weighted by molar-refractivity contribution is 6.32. The molecular formula is C15H13ClF3N5O. The smallest absolute Gasteiger partial charge is 0.381 e. The van der Waals surface area contributed by atoms with Gasteiger partial charge in [-0.25, -0.2) is 4.68 Å². The Kier molecular flexibility index (Phi) is 5.23. The van der Waals surface area contributed by atoms with Crippen LogP contribution in [0.2, 0.25) is 5.02 Å². The molecule has 0 bridgehead atoms. The van der Waals surface area contributed by atoms with Gasteiger partial charge in [0.1, 0.15) is 11.6 Å². The molecule has 0 aliphatic rings. The number of alkyl halides is 3. The van der Waals surface area contributed by atoms with Gasteiger partial charge in [-0.15, -0.1) is 5.10 Å². The second-order valence-electron chi connectivity index (χ2n) is 5.02. The molecule has 1 aromatic heterocycles. The Balaban J connectivity index is 2.56. The zero-order chi connectivity index (χ0) is 18.8. The number of amides is 1. The van der Waals surface area contributed by atoms with E-state index in [9.17, 15) is 23.2 Å². The number of benzene rings is 1. The standard InChI is InChI=1S/C15H13ClF3N5O/c1-2-22-13(25)6-12-9(7-20)14(21)23-24(12)11-4-3-8(5-10(11)16)15(17,18)19/h3-5H,2,6H2,1H3,(H2,21,23)(H,22,25). The van der Waals surface area contributed by atoms with Crippen LogP contribution in [0, 0.1) is 11.3 Å². The maximum Gasteiger partial charge on any atom is 0.416 e. The molecule has 0 saturated heterocycles. The average Bonchev–Trinajstić information content (AvgIpc) is 2.82. The molecule has 132 valence electrons. The number of nitrogens with zero attached hydrogens (tertiary/aromatic N) is 3. The Morgan fingerprint density at radius 2 is 2.16 bits per heavy atom. The van der Waals surface area contributed by atoms with Gasteiger partial charge in [-0.05, 0) is 25.1 Å². The van der Waals surface area contributed by atoms with Crippen molar-refractivity contribution in [2.45, 2.75) is 19.5 Å². The van der Waals surface area contributed by atoms with E-state index in [1.807, 2.05) is 6.07 Å². The Morgan fingerprint density at radius 1 is 1.48 bits per heavy atom. The van der Waals surface area contributed by atoms with Crippen LogP contribution in [0.15, 0.2) is 18.2 Å². The van der Waals surface area contributed by atoms with E-state index in [0.717, 1.165) is 22.9 Å². The molecule has 0 radical (unpaired) electrons. The van der Waals surface area contributed by atoms with Crippen LogP contribution in [0.5, 0.6) is 0 Å². The third-order valence-electron chi connectivity index (χ3n) is 3.33. The zero-order valence-corrected chi connectivity index (χ0v) is 13.7. The summed E-state index contributed by atoms with van der Waals surface area (Å²) < 4.78 is 39.4. The molecule has 0 fully saturated rings. The minimum Gasteiger partial charge on any atom is -0.381 e. The van der Waals surface area contributed by atoms with E-state index in [1.165, 1.54) is 0 Å². The van der Waals surface area contributed by atoms with Crippen molar-refractivity contribution in [3.8, 4) is 11.8 Å². The van der Waals surface area contributed by atoms with E-state index < -0.39 is 11.7 Å². The van der Waals surface area contributed by atoms with Gasteiger partial charge in [0.15, 0.2) is 5.82 Å². The van der Waals surface area contributed by atoms with Crippen molar-refractivity contribution in [3.05, 3.63) is 40.0 Å². The van der Waals surface area contributed by atoms with Gasteiger partial charge in [0, 0.05) is 6.54 Å². The van der Waals surface area contributed by atoms with Crippen LogP contribution in [-0.4, -0.2) is 22.2 Å². The number of carbonyl (C=O) groups is 1. The van der Waals surface area contributed by atoms with Gasteiger partial charge in [0.25, 0.3) is 0 Å². The molecule has 0 aliphatic heterocycles. The Morgan fingerprint density at radius 3 is 2.68 bits per heavy atom. The van der Waals surface area contributed by atoms with Gasteiger partial charge in [-0.2, -0.15) is 18.4 Å². The lowest BCUT2D eigenvalue weighted by Crippen LogP contribution is -2.26. The molecule has 2 rings (SSSR count). The second kappa shape index (κ2) is 7.03. The third-order valence-corrected chi connectivity index (χ3v) is 3.63. The van der Waals surface area contributed by atoms with E-state index in [1.54, 1.807) is 6.92 Å². The first-order valence-corrected chi connectivity index (χ1v) is 7.48. The number of rotatable bonds is 4. The number of likely N-dealkylation sites (N-methyl/N-ethyl adjacent to an activating group) is 1. The van der Waals surface area contributed by atoms with Crippen LogP contribution >= 0.6 is 11.6 Å². The lowest BCUT2D eigenvalue weighted by atomic mass is 10.1. The fourth-order valence-electron chi connectivity index (χ4n) is 2.22. The number of anilines is 1. The van der Waals surface area contributed by atoms with Gasteiger partial charge in [0.2, 0.25) is 5.91 Å². The van der Waals surface area contributed by atoms with E-state index >= 15 is 0 Å². The number of nitrogens with two attached hydrogens (primary N) is 1. The minimum absolute atomic E-state index is 0.0257. The number of carbonyl (C=O) groups excluding carboxylic acids is 1. The maximum atomic E-state index is 12.8. The van der Waals surface area contributed by atoms with Crippen molar-refractivity contribution >= 4 is 23.3 Å². The lowest BCUT2D eigenvalue weighted by Gasteiger charge is -2.12. The molecule has 0 unspecified atom stereocenters. The summed E-state index contributed by atoms with van der Waals surface area (Å²) >= 11 is 5.96. The molecule has 10 heteroatoms. The number of nitrogens with one attached hydrogen (secondary N) is 1. The van der Waals surface area contributed by atoms with Crippen molar-refractivity contribution in [1.29, 1.82) is 5.26 Å². The molecule has 25 heavy (non-hydrogen) atoms. The predicted molar refractivity (Wildman–Crippen MR) is 85.1 cm³/mol. The van der Waals surface area contributed by atoms with Crippen LogP contribution < -0.4 is 11.1 Å². The molecule has 1 heterocycles. The molecule has 6 nitrogen and oxygen atoms in total. The first-order valence-electron chi connectivity index (χ1n) is 7.10. The van der Waals surface area contributed by atoms with Crippen LogP contribution in [0.4, 0.5) is 19.0 Å². The topological polar surface area (TPSA) is 96.7 Å². The number of aromatic nitrogens is 2. The van der Waals surface area contributed by atoms with Crippen LogP contribution in [0.3, 0.4) is 0 Å². The second-order valence-corrected chi connectivity index (χ2v) is 5.43. The summed E-state index contributed by atoms with van der Waals surface area (Å²) in [5, 5.41) is 15.5. The largest absolute Gasteiger partial charge is 0.416 e. The highest BCUT2D eigenvalue weighted by Gasteiger charge is 2.31. The summed E-state index contributed by atoms with van der Waals surface area (Å²) in [6.45, 7) is 2.10. The zero-order valence-electron chi connectivity index (χ0n) is 13.0. The number of hydrogen-bond acceptors (Lipinski definition) is 4. The predicted octanol–water partition coefficient (Wildman–Crippen LogP) is 2.68. The Hall–Kier alpha value is -2.73. The average molecular weight is 372 g/mol. The molecular weight excluding hydrogens is 359 g/mol. The summed E-state index contributed by atoms with van der Waals surface area (Å²) in [5.41, 5.74) is 4.96. The van der Waals surface area contributed by atoms with Crippen molar-refractivity contribution in [2.24, 2.45) is 0 Å². The number of halogens is 4. The maximum absolute atomic E-state index is 12.8. The fourth-order valence-corrected chi connectivity index (χ4v) is 2.48. The quantitative estimate of drug-likeness (QED) is 0.863. The molecule has 0 atom stereocenters. The summed E-state index contributed by atoms with van der Waals surface area (Å²) in [6, 6.07) is 4.54. The van der Waals surface area contributed by atoms with Crippen LogP contribution in [-0.2, 0) is 17.4 Å². The normalized spacial score (nSPS) is 11.2. The Labute approximate surface area is 146 Å². The summed E-state index contributed by atoms with van der Waals surface area (Å²) in [4.78, 5) is 11.9. The van der Waals surface area contributed by atoms with Gasteiger partial charge in [0.05, 0.1) is 28.4 Å². The van der Waals surface area contributed by atoms with Gasteiger partial charge in [-0.3, -0.25) is 4.79 Å². The SMILES string of the molecule is CCNC(=O)Cc1c(C#N)c(N)nn1-c1ccc(C(F)(F)F)cc1Cl. The van der Waals surface area contributed by atoms with Crippen LogP contribution in [0.1, 0.15) is 23.7 Å². The fraction of sp³-hybridized carbons (Fsp3) is 0.267. The monoisotopic (exact) mass is 371 g/mol. The Bertz CT molecular complexity index is 854. The van der Waals surface area contributed by atoms with Crippen molar-refractivity contribution in [3.63, 3.8) is 0 Å². The summed E-state index contributed by atoms with van der Waals surface area (Å²) in [5.74, 6) is -0.527. The third kappa shape index (κ3) is 3.85.